The van der Waals surface area contributed by atoms with Gasteiger partial charge in [-0.2, -0.15) is 0 Å². The lowest BCUT2D eigenvalue weighted by atomic mass is 9.82. The molecule has 0 aromatic rings. The summed E-state index contributed by atoms with van der Waals surface area (Å²) in [6.45, 7) is 3.38. The van der Waals surface area contributed by atoms with Crippen LogP contribution in [0.15, 0.2) is 0 Å². The summed E-state index contributed by atoms with van der Waals surface area (Å²) >= 11 is 0. The highest BCUT2D eigenvalue weighted by Crippen LogP contribution is 2.21. The quantitative estimate of drug-likeness (QED) is 0.435. The highest BCUT2D eigenvalue weighted by molar-refractivity contribution is 6.40. The Kier molecular flexibility index (Phi) is 4.77. The van der Waals surface area contributed by atoms with Gasteiger partial charge in [-0.05, 0) is 38.5 Å². The maximum atomic E-state index is 8.64. The number of unbranched alkanes of at least 4 members (excludes halogenated alkanes) is 1. The van der Waals surface area contributed by atoms with Crippen LogP contribution in [-0.2, 0) is 0 Å². The summed E-state index contributed by atoms with van der Waals surface area (Å²) in [6.07, 6.45) is 5.08. The molecule has 1 rings (SSSR count). The first kappa shape index (κ1) is 11.0. The fraction of sp³-hybridized carbons (Fsp3) is 1.00. The molecule has 76 valence electrons. The molecule has 1 heterocycles. The monoisotopic (exact) mass is 185 g/mol. The molecular weight excluding hydrogens is 165 g/mol. The molecule has 1 aliphatic rings. The van der Waals surface area contributed by atoms with Crippen molar-refractivity contribution in [3.63, 3.8) is 0 Å². The number of rotatable bonds is 5. The van der Waals surface area contributed by atoms with Crippen LogP contribution >= 0.6 is 0 Å². The smallest absolute Gasteiger partial charge is 0.427 e. The highest BCUT2D eigenvalue weighted by atomic mass is 16.4. The number of hydrogen-bond donors (Lipinski definition) is 3. The molecule has 3 N–H and O–H groups in total. The second-order valence-electron chi connectivity index (χ2n) is 4.06. The highest BCUT2D eigenvalue weighted by Gasteiger charge is 2.21. The molecule has 0 amide bonds. The first-order chi connectivity index (χ1) is 6.20. The van der Waals surface area contributed by atoms with Gasteiger partial charge in [-0.1, -0.05) is 12.8 Å². The van der Waals surface area contributed by atoms with Gasteiger partial charge in [0.05, 0.1) is 0 Å². The summed E-state index contributed by atoms with van der Waals surface area (Å²) in [7, 11) is -1.11. The second kappa shape index (κ2) is 5.63. The average Bonchev–Trinajstić information content (AvgIpc) is 2.45. The van der Waals surface area contributed by atoms with Crippen LogP contribution in [-0.4, -0.2) is 29.8 Å². The lowest BCUT2D eigenvalue weighted by Gasteiger charge is -2.14. The van der Waals surface area contributed by atoms with Crippen LogP contribution in [0, 0.1) is 5.92 Å². The largest absolute Gasteiger partial charge is 0.451 e. The number of nitrogens with one attached hydrogen (secondary N) is 1. The summed E-state index contributed by atoms with van der Waals surface area (Å²) in [4.78, 5) is 0. The molecule has 0 spiro atoms. The first-order valence-corrected chi connectivity index (χ1v) is 5.29. The fourth-order valence-corrected chi connectivity index (χ4v) is 2.04. The van der Waals surface area contributed by atoms with Crippen LogP contribution in [0.1, 0.15) is 32.6 Å². The van der Waals surface area contributed by atoms with Crippen molar-refractivity contribution in [1.29, 1.82) is 0 Å². The van der Waals surface area contributed by atoms with Gasteiger partial charge in [0.25, 0.3) is 0 Å². The molecule has 0 bridgehead atoms. The van der Waals surface area contributed by atoms with E-state index >= 15 is 0 Å². The van der Waals surface area contributed by atoms with E-state index in [-0.39, 0.29) is 0 Å². The van der Waals surface area contributed by atoms with Gasteiger partial charge in [0.15, 0.2) is 0 Å². The molecule has 2 atom stereocenters. The van der Waals surface area contributed by atoms with Crippen LogP contribution in [0.2, 0.25) is 6.32 Å². The van der Waals surface area contributed by atoms with Crippen LogP contribution < -0.4 is 5.32 Å². The van der Waals surface area contributed by atoms with Crippen LogP contribution in [0.4, 0.5) is 0 Å². The molecule has 0 aromatic carbocycles. The minimum atomic E-state index is -1.11. The zero-order valence-electron chi connectivity index (χ0n) is 8.37. The molecule has 1 aliphatic heterocycles. The minimum absolute atomic E-state index is 0.522. The van der Waals surface area contributed by atoms with Gasteiger partial charge in [-0.3, -0.25) is 0 Å². The number of hydrogen-bond acceptors (Lipinski definition) is 3. The molecule has 1 fully saturated rings. The van der Waals surface area contributed by atoms with E-state index in [0.29, 0.717) is 12.4 Å². The molecule has 0 aromatic heterocycles. The van der Waals surface area contributed by atoms with Crippen molar-refractivity contribution in [3.05, 3.63) is 0 Å². The van der Waals surface area contributed by atoms with Crippen LogP contribution in [0.25, 0.3) is 0 Å². The average molecular weight is 185 g/mol. The topological polar surface area (TPSA) is 52.5 Å². The molecule has 3 nitrogen and oxygen atoms in total. The van der Waals surface area contributed by atoms with Gasteiger partial charge in [-0.15, -0.1) is 0 Å². The Labute approximate surface area is 80.7 Å². The Bertz CT molecular complexity index is 144. The van der Waals surface area contributed by atoms with E-state index in [9.17, 15) is 0 Å². The minimum Gasteiger partial charge on any atom is -0.427 e. The Morgan fingerprint density at radius 1 is 1.38 bits per heavy atom. The van der Waals surface area contributed by atoms with Crippen molar-refractivity contribution in [3.8, 4) is 0 Å². The summed E-state index contributed by atoms with van der Waals surface area (Å²) in [5.41, 5.74) is 0. The maximum Gasteiger partial charge on any atom is 0.451 e. The SMILES string of the molecule is C[C@H]1NCC[C@H]1CCCCB(O)O. The van der Waals surface area contributed by atoms with E-state index in [2.05, 4.69) is 12.2 Å². The molecular formula is C9H20BNO2. The van der Waals surface area contributed by atoms with Crippen molar-refractivity contribution in [2.75, 3.05) is 6.54 Å². The van der Waals surface area contributed by atoms with E-state index in [0.717, 1.165) is 25.3 Å². The molecule has 13 heavy (non-hydrogen) atoms. The molecule has 4 heteroatoms. The van der Waals surface area contributed by atoms with Gasteiger partial charge in [0.1, 0.15) is 0 Å². The molecule has 0 radical (unpaired) electrons. The van der Waals surface area contributed by atoms with Crippen molar-refractivity contribution < 1.29 is 10.0 Å². The third-order valence-electron chi connectivity index (χ3n) is 2.98. The predicted molar refractivity (Wildman–Crippen MR) is 54.4 cm³/mol. The van der Waals surface area contributed by atoms with Gasteiger partial charge in [-0.25, -0.2) is 0 Å². The normalized spacial score (nSPS) is 27.9. The van der Waals surface area contributed by atoms with Gasteiger partial charge in [0.2, 0.25) is 0 Å². The second-order valence-corrected chi connectivity index (χ2v) is 4.06. The Hall–Kier alpha value is -0.0551. The standard InChI is InChI=1S/C9H20BNO2/c1-8-9(5-7-11-8)4-2-3-6-10(12)13/h8-9,11-13H,2-7H2,1H3/t8-,9-/m1/s1. The molecule has 1 saturated heterocycles. The van der Waals surface area contributed by atoms with Crippen molar-refractivity contribution in [2.24, 2.45) is 5.92 Å². The van der Waals surface area contributed by atoms with E-state index in [1.54, 1.807) is 0 Å². The summed E-state index contributed by atoms with van der Waals surface area (Å²) < 4.78 is 0. The first-order valence-electron chi connectivity index (χ1n) is 5.29. The fourth-order valence-electron chi connectivity index (χ4n) is 2.04. The molecule has 0 aliphatic carbocycles. The zero-order chi connectivity index (χ0) is 9.68. The lowest BCUT2D eigenvalue weighted by molar-refractivity contribution is 0.393. The van der Waals surface area contributed by atoms with Crippen molar-refractivity contribution in [2.45, 2.75) is 45.0 Å². The summed E-state index contributed by atoms with van der Waals surface area (Å²) in [6, 6.07) is 0.652. The molecule has 0 saturated carbocycles. The van der Waals surface area contributed by atoms with E-state index in [4.69, 9.17) is 10.0 Å². The van der Waals surface area contributed by atoms with Crippen molar-refractivity contribution in [1.82, 2.24) is 5.32 Å². The maximum absolute atomic E-state index is 8.64. The Morgan fingerprint density at radius 2 is 2.15 bits per heavy atom. The lowest BCUT2D eigenvalue weighted by Crippen LogP contribution is -2.22. The predicted octanol–water partition coefficient (Wildman–Crippen LogP) is 0.627. The Morgan fingerprint density at radius 3 is 2.69 bits per heavy atom. The Balaban J connectivity index is 1.99. The summed E-state index contributed by atoms with van der Waals surface area (Å²) in [5.74, 6) is 0.802. The van der Waals surface area contributed by atoms with E-state index in [1.807, 2.05) is 0 Å². The van der Waals surface area contributed by atoms with E-state index in [1.165, 1.54) is 12.8 Å². The third kappa shape index (κ3) is 4.11. The zero-order valence-corrected chi connectivity index (χ0v) is 8.37. The third-order valence-corrected chi connectivity index (χ3v) is 2.98. The van der Waals surface area contributed by atoms with Crippen LogP contribution in [0.3, 0.4) is 0 Å². The van der Waals surface area contributed by atoms with Crippen molar-refractivity contribution >= 4 is 7.12 Å². The van der Waals surface area contributed by atoms with Crippen LogP contribution in [0.5, 0.6) is 0 Å². The van der Waals surface area contributed by atoms with E-state index < -0.39 is 7.12 Å². The van der Waals surface area contributed by atoms with Gasteiger partial charge in [0, 0.05) is 6.04 Å². The van der Waals surface area contributed by atoms with Gasteiger partial charge < -0.3 is 15.4 Å². The van der Waals surface area contributed by atoms with Gasteiger partial charge >= 0.3 is 7.12 Å². The molecule has 0 unspecified atom stereocenters. The summed E-state index contributed by atoms with van der Waals surface area (Å²) in [5, 5.41) is 20.7.